The Morgan fingerprint density at radius 2 is 1.59 bits per heavy atom. The van der Waals surface area contributed by atoms with Crippen LogP contribution < -0.4 is 0 Å². The van der Waals surface area contributed by atoms with Gasteiger partial charge in [0.15, 0.2) is 0 Å². The first kappa shape index (κ1) is 20.7. The first-order chi connectivity index (χ1) is 13.0. The maximum Gasteiger partial charge on any atom is 0.244 e. The standard InChI is InChI=1S/C22H23NO3S/c1-20-13-15-22(16-14-20)27(25,26)23(17-7-2-3-8-19-24)18-9-12-21-10-5-4-6-11-21/h4-6,10-11,13-16,24H,3,8,17-19H2,1H3. The summed E-state index contributed by atoms with van der Waals surface area (Å²) in [5, 5.41) is 8.81. The Morgan fingerprint density at radius 1 is 0.926 bits per heavy atom. The summed E-state index contributed by atoms with van der Waals surface area (Å²) in [5.41, 5.74) is 1.83. The summed E-state index contributed by atoms with van der Waals surface area (Å²) in [6.07, 6.45) is 1.11. The van der Waals surface area contributed by atoms with Crippen LogP contribution in [0.2, 0.25) is 0 Å². The van der Waals surface area contributed by atoms with Crippen molar-refractivity contribution in [2.24, 2.45) is 0 Å². The second kappa shape index (κ2) is 10.5. The summed E-state index contributed by atoms with van der Waals surface area (Å²) in [4.78, 5) is 0.228. The minimum Gasteiger partial charge on any atom is -0.396 e. The molecule has 0 bridgehead atoms. The Labute approximate surface area is 161 Å². The largest absolute Gasteiger partial charge is 0.396 e. The van der Waals surface area contributed by atoms with Gasteiger partial charge in [-0.2, -0.15) is 4.31 Å². The van der Waals surface area contributed by atoms with Gasteiger partial charge in [-0.3, -0.25) is 0 Å². The van der Waals surface area contributed by atoms with Gasteiger partial charge in [0.1, 0.15) is 0 Å². The van der Waals surface area contributed by atoms with Gasteiger partial charge in [-0.15, -0.1) is 5.92 Å². The van der Waals surface area contributed by atoms with Gasteiger partial charge in [-0.1, -0.05) is 53.7 Å². The van der Waals surface area contributed by atoms with Crippen LogP contribution in [-0.2, 0) is 10.0 Å². The molecule has 4 nitrogen and oxygen atoms in total. The van der Waals surface area contributed by atoms with Crippen molar-refractivity contribution in [3.8, 4) is 23.7 Å². The van der Waals surface area contributed by atoms with Crippen molar-refractivity contribution in [2.45, 2.75) is 24.7 Å². The van der Waals surface area contributed by atoms with E-state index in [-0.39, 0.29) is 24.6 Å². The SMILES string of the molecule is Cc1ccc(S(=O)(=O)N(CC#CCCCO)CC#Cc2ccccc2)cc1. The van der Waals surface area contributed by atoms with E-state index in [0.29, 0.717) is 12.8 Å². The Bertz CT molecular complexity index is 944. The lowest BCUT2D eigenvalue weighted by molar-refractivity contribution is 0.290. The molecule has 2 aromatic rings. The van der Waals surface area contributed by atoms with E-state index in [1.807, 2.05) is 37.3 Å². The van der Waals surface area contributed by atoms with Crippen molar-refractivity contribution in [3.63, 3.8) is 0 Å². The third kappa shape index (κ3) is 6.58. The molecule has 0 radical (unpaired) electrons. The van der Waals surface area contributed by atoms with Gasteiger partial charge in [-0.25, -0.2) is 8.42 Å². The monoisotopic (exact) mass is 381 g/mol. The van der Waals surface area contributed by atoms with Crippen LogP contribution in [0.15, 0.2) is 59.5 Å². The van der Waals surface area contributed by atoms with E-state index in [4.69, 9.17) is 5.11 Å². The number of hydrogen-bond donors (Lipinski definition) is 1. The fourth-order valence-electron chi connectivity index (χ4n) is 2.24. The van der Waals surface area contributed by atoms with Crippen molar-refractivity contribution in [1.29, 1.82) is 0 Å². The van der Waals surface area contributed by atoms with Gasteiger partial charge < -0.3 is 5.11 Å². The van der Waals surface area contributed by atoms with Gasteiger partial charge in [0.05, 0.1) is 18.0 Å². The number of nitrogens with zero attached hydrogens (tertiary/aromatic N) is 1. The van der Waals surface area contributed by atoms with Crippen LogP contribution in [0.5, 0.6) is 0 Å². The van der Waals surface area contributed by atoms with Crippen LogP contribution in [0.25, 0.3) is 0 Å². The van der Waals surface area contributed by atoms with E-state index < -0.39 is 10.0 Å². The van der Waals surface area contributed by atoms with Gasteiger partial charge in [0.2, 0.25) is 10.0 Å². The summed E-state index contributed by atoms with van der Waals surface area (Å²) < 4.78 is 27.2. The summed E-state index contributed by atoms with van der Waals surface area (Å²) in [6, 6.07) is 16.2. The van der Waals surface area contributed by atoms with E-state index >= 15 is 0 Å². The molecule has 0 saturated heterocycles. The molecule has 0 aliphatic carbocycles. The number of benzene rings is 2. The number of aryl methyl sites for hydroxylation is 1. The summed E-state index contributed by atoms with van der Waals surface area (Å²) >= 11 is 0. The molecule has 5 heteroatoms. The van der Waals surface area contributed by atoms with E-state index in [1.165, 1.54) is 4.31 Å². The Kier molecular flexibility index (Phi) is 8.10. The number of unbranched alkanes of at least 4 members (excludes halogenated alkanes) is 1. The zero-order chi connectivity index (χ0) is 19.5. The van der Waals surface area contributed by atoms with Crippen LogP contribution in [-0.4, -0.2) is 37.5 Å². The lowest BCUT2D eigenvalue weighted by Gasteiger charge is -2.17. The molecular formula is C22H23NO3S. The van der Waals surface area contributed by atoms with E-state index in [0.717, 1.165) is 11.1 Å². The zero-order valence-corrected chi connectivity index (χ0v) is 16.2. The highest BCUT2D eigenvalue weighted by molar-refractivity contribution is 7.89. The van der Waals surface area contributed by atoms with Gasteiger partial charge in [0.25, 0.3) is 0 Å². The number of aliphatic hydroxyl groups is 1. The molecule has 2 rings (SSSR count). The fourth-order valence-corrected chi connectivity index (χ4v) is 3.48. The van der Waals surface area contributed by atoms with Crippen LogP contribution >= 0.6 is 0 Å². The Hall–Kier alpha value is -2.57. The summed E-state index contributed by atoms with van der Waals surface area (Å²) in [7, 11) is -3.69. The number of rotatable bonds is 6. The molecule has 0 aromatic heterocycles. The first-order valence-corrected chi connectivity index (χ1v) is 10.2. The zero-order valence-electron chi connectivity index (χ0n) is 15.4. The molecule has 140 valence electrons. The predicted octanol–water partition coefficient (Wildman–Crippen LogP) is 2.81. The predicted molar refractivity (Wildman–Crippen MR) is 107 cm³/mol. The van der Waals surface area contributed by atoms with Crippen LogP contribution in [0, 0.1) is 30.6 Å². The third-order valence-electron chi connectivity index (χ3n) is 3.76. The highest BCUT2D eigenvalue weighted by Crippen LogP contribution is 2.15. The third-order valence-corrected chi connectivity index (χ3v) is 5.57. The normalized spacial score (nSPS) is 10.6. The minimum absolute atomic E-state index is 0.0553. The molecule has 1 N–H and O–H groups in total. The van der Waals surface area contributed by atoms with Crippen LogP contribution in [0.4, 0.5) is 0 Å². The average molecular weight is 381 g/mol. The summed E-state index contributed by atoms with van der Waals surface area (Å²) in [5.74, 6) is 11.7. The molecule has 0 atom stereocenters. The first-order valence-electron chi connectivity index (χ1n) is 8.71. The molecule has 2 aromatic carbocycles. The van der Waals surface area contributed by atoms with Crippen molar-refractivity contribution in [3.05, 3.63) is 65.7 Å². The fraction of sp³-hybridized carbons (Fsp3) is 0.273. The quantitative estimate of drug-likeness (QED) is 0.618. The maximum atomic E-state index is 13.0. The Morgan fingerprint density at radius 3 is 2.26 bits per heavy atom. The van der Waals surface area contributed by atoms with Crippen molar-refractivity contribution in [1.82, 2.24) is 4.31 Å². The average Bonchev–Trinajstić information content (AvgIpc) is 2.67. The highest BCUT2D eigenvalue weighted by atomic mass is 32.2. The van der Waals surface area contributed by atoms with Crippen molar-refractivity contribution >= 4 is 10.0 Å². The topological polar surface area (TPSA) is 57.6 Å². The Balaban J connectivity index is 2.21. The van der Waals surface area contributed by atoms with Gasteiger partial charge in [-0.05, 0) is 37.6 Å². The van der Waals surface area contributed by atoms with Crippen molar-refractivity contribution in [2.75, 3.05) is 19.7 Å². The molecule has 0 amide bonds. The molecule has 0 unspecified atom stereocenters. The summed E-state index contributed by atoms with van der Waals surface area (Å²) in [6.45, 7) is 2.10. The molecule has 0 fully saturated rings. The van der Waals surface area contributed by atoms with Crippen molar-refractivity contribution < 1.29 is 13.5 Å². The van der Waals surface area contributed by atoms with Crippen LogP contribution in [0.3, 0.4) is 0 Å². The minimum atomic E-state index is -3.69. The molecule has 27 heavy (non-hydrogen) atoms. The highest BCUT2D eigenvalue weighted by Gasteiger charge is 2.22. The van der Waals surface area contributed by atoms with Gasteiger partial charge >= 0.3 is 0 Å². The molecule has 0 aliphatic rings. The number of hydrogen-bond acceptors (Lipinski definition) is 3. The molecule has 0 aliphatic heterocycles. The second-order valence-corrected chi connectivity index (χ2v) is 7.87. The van der Waals surface area contributed by atoms with E-state index in [9.17, 15) is 8.42 Å². The smallest absolute Gasteiger partial charge is 0.244 e. The van der Waals surface area contributed by atoms with E-state index in [1.54, 1.807) is 24.3 Å². The molecule has 0 spiro atoms. The second-order valence-electron chi connectivity index (χ2n) is 5.93. The van der Waals surface area contributed by atoms with Crippen LogP contribution in [0.1, 0.15) is 24.0 Å². The lowest BCUT2D eigenvalue weighted by atomic mass is 10.2. The number of sulfonamides is 1. The molecule has 0 saturated carbocycles. The molecular weight excluding hydrogens is 358 g/mol. The van der Waals surface area contributed by atoms with Gasteiger partial charge in [0, 0.05) is 18.6 Å². The molecule has 0 heterocycles. The maximum absolute atomic E-state index is 13.0. The van der Waals surface area contributed by atoms with E-state index in [2.05, 4.69) is 23.7 Å². The lowest BCUT2D eigenvalue weighted by Crippen LogP contribution is -2.32. The number of aliphatic hydroxyl groups excluding tert-OH is 1.